The van der Waals surface area contributed by atoms with Crippen molar-refractivity contribution in [1.82, 2.24) is 14.7 Å². The van der Waals surface area contributed by atoms with Gasteiger partial charge in [0, 0.05) is 24.2 Å². The van der Waals surface area contributed by atoms with Gasteiger partial charge in [0.1, 0.15) is 0 Å². The lowest BCUT2D eigenvalue weighted by atomic mass is 9.89. The average Bonchev–Trinajstić information content (AvgIpc) is 3.28. The quantitative estimate of drug-likeness (QED) is 0.208. The Morgan fingerprint density at radius 1 is 1.00 bits per heavy atom. The molecule has 1 amide bonds. The number of alkyl halides is 6. The maximum Gasteiger partial charge on any atom is 0.422 e. The van der Waals surface area contributed by atoms with E-state index in [4.69, 9.17) is 0 Å². The van der Waals surface area contributed by atoms with E-state index in [1.807, 2.05) is 49.8 Å². The molecule has 0 N–H and O–H groups in total. The zero-order chi connectivity index (χ0) is 30.4. The molecule has 16 heteroatoms. The number of rotatable bonds is 5. The molecule has 0 saturated carbocycles. The van der Waals surface area contributed by atoms with E-state index in [2.05, 4.69) is 26.2 Å². The van der Waals surface area contributed by atoms with Crippen LogP contribution in [0.25, 0.3) is 10.9 Å². The van der Waals surface area contributed by atoms with Crippen molar-refractivity contribution < 1.29 is 55.0 Å². The van der Waals surface area contributed by atoms with Gasteiger partial charge in [0.25, 0.3) is 0 Å². The minimum absolute atomic E-state index is 0.134. The minimum Gasteiger partial charge on any atom is -0.449 e. The van der Waals surface area contributed by atoms with Gasteiger partial charge in [0.15, 0.2) is 13.2 Å². The number of benzene rings is 1. The van der Waals surface area contributed by atoms with E-state index >= 15 is 0 Å². The van der Waals surface area contributed by atoms with E-state index in [9.17, 15) is 45.5 Å². The molecule has 1 aliphatic rings. The Bertz CT molecular complexity index is 1230. The highest BCUT2D eigenvalue weighted by atomic mass is 35.5. The van der Waals surface area contributed by atoms with Crippen molar-refractivity contribution in [3.8, 4) is 0 Å². The predicted molar refractivity (Wildman–Crippen MR) is 128 cm³/mol. The van der Waals surface area contributed by atoms with Crippen molar-refractivity contribution in [3.05, 3.63) is 30.0 Å². The molecule has 222 valence electrons. The summed E-state index contributed by atoms with van der Waals surface area (Å²) in [5.41, 5.74) is 1.57. The van der Waals surface area contributed by atoms with Gasteiger partial charge in [0.2, 0.25) is 0 Å². The summed E-state index contributed by atoms with van der Waals surface area (Å²) >= 11 is 4.48. The number of carbonyl (C=O) groups is 4. The van der Waals surface area contributed by atoms with Crippen LogP contribution in [-0.2, 0) is 28.7 Å². The van der Waals surface area contributed by atoms with Crippen LogP contribution in [-0.4, -0.2) is 69.9 Å². The molecule has 2 heterocycles. The van der Waals surface area contributed by atoms with Crippen molar-refractivity contribution >= 4 is 45.6 Å². The third-order valence-electron chi connectivity index (χ3n) is 5.61. The summed E-state index contributed by atoms with van der Waals surface area (Å²) in [6.45, 7) is 2.67. The molecule has 2 aromatic rings. The molecule has 1 aromatic heterocycles. The molecule has 40 heavy (non-hydrogen) atoms. The molecule has 0 aliphatic carbocycles. The smallest absolute Gasteiger partial charge is 0.422 e. The monoisotopic (exact) mass is 601 g/mol. The fourth-order valence-corrected chi connectivity index (χ4v) is 3.83. The molecule has 0 spiro atoms. The summed E-state index contributed by atoms with van der Waals surface area (Å²) in [6, 6.07) is 5.43. The minimum atomic E-state index is -4.68. The van der Waals surface area contributed by atoms with Gasteiger partial charge in [-0.3, -0.25) is 14.3 Å². The number of amides is 1. The number of likely N-dealkylation sites (tertiary alicyclic amines) is 1. The Labute approximate surface area is 229 Å². The molecule has 9 nitrogen and oxygen atoms in total. The molecule has 2 atom stereocenters. The van der Waals surface area contributed by atoms with Crippen molar-refractivity contribution in [2.24, 2.45) is 5.92 Å². The Kier molecular flexibility index (Phi) is 10.9. The Hall–Kier alpha value is -3.36. The number of ether oxygens (including phenoxy) is 2. The van der Waals surface area contributed by atoms with Gasteiger partial charge in [-0.05, 0) is 55.8 Å². The standard InChI is InChI=1S/C20H24F3N3O3.C4H2ClF3O3/c1-12(2)26-10-15-6-5-14(8-16(15)24-26)17-7-4-13(3)9-25(17)18(27)19(28)29-11-20(21,22)23;5-2(9)3(10)11-1-4(6,7)8/h5-6,8,10,12-13,17H,4,7,9,11H2,1-3H3;1H2. The molecule has 0 bridgehead atoms. The summed E-state index contributed by atoms with van der Waals surface area (Å²) in [5, 5.41) is 3.92. The second-order valence-corrected chi connectivity index (χ2v) is 9.68. The first-order chi connectivity index (χ1) is 18.4. The third-order valence-corrected chi connectivity index (χ3v) is 5.76. The van der Waals surface area contributed by atoms with Gasteiger partial charge in [-0.1, -0.05) is 19.1 Å². The number of piperidine rings is 1. The molecule has 1 saturated heterocycles. The van der Waals surface area contributed by atoms with Crippen LogP contribution in [0.15, 0.2) is 24.4 Å². The lowest BCUT2D eigenvalue weighted by Gasteiger charge is -2.38. The highest BCUT2D eigenvalue weighted by Crippen LogP contribution is 2.35. The maximum atomic E-state index is 12.6. The number of aromatic nitrogens is 2. The number of esters is 2. The first-order valence-electron chi connectivity index (χ1n) is 11.8. The molecule has 3 rings (SSSR count). The first-order valence-corrected chi connectivity index (χ1v) is 12.2. The van der Waals surface area contributed by atoms with E-state index in [1.165, 1.54) is 4.90 Å². The number of nitrogens with zero attached hydrogens (tertiary/aromatic N) is 3. The number of fused-ring (bicyclic) bond motifs is 1. The molecular formula is C24H26ClF6N3O6. The SMILES string of the molecule is CC1CCC(c2ccc3cn(C(C)C)nc3c2)N(C(=O)C(=O)OCC(F)(F)F)C1.O=C(Cl)C(=O)OCC(F)(F)F. The van der Waals surface area contributed by atoms with Crippen LogP contribution in [0.4, 0.5) is 26.3 Å². The number of halogens is 7. The van der Waals surface area contributed by atoms with Gasteiger partial charge in [0.05, 0.1) is 11.6 Å². The van der Waals surface area contributed by atoms with Gasteiger partial charge in [-0.15, -0.1) is 0 Å². The summed E-state index contributed by atoms with van der Waals surface area (Å²) in [4.78, 5) is 45.6. The molecule has 0 radical (unpaired) electrons. The number of hydrogen-bond donors (Lipinski definition) is 0. The second kappa shape index (κ2) is 13.3. The summed E-state index contributed by atoms with van der Waals surface area (Å²) in [7, 11) is 0. The lowest BCUT2D eigenvalue weighted by molar-refractivity contribution is -0.190. The van der Waals surface area contributed by atoms with E-state index in [0.717, 1.165) is 22.9 Å². The average molecular weight is 602 g/mol. The Morgan fingerprint density at radius 3 is 2.10 bits per heavy atom. The van der Waals surface area contributed by atoms with Crippen LogP contribution in [0.1, 0.15) is 51.3 Å². The molecule has 2 unspecified atom stereocenters. The van der Waals surface area contributed by atoms with Crippen LogP contribution in [0.5, 0.6) is 0 Å². The largest absolute Gasteiger partial charge is 0.449 e. The Balaban J connectivity index is 0.000000432. The van der Waals surface area contributed by atoms with E-state index in [0.29, 0.717) is 6.42 Å². The predicted octanol–water partition coefficient (Wildman–Crippen LogP) is 4.88. The fraction of sp³-hybridized carbons (Fsp3) is 0.542. The zero-order valence-corrected chi connectivity index (χ0v) is 22.3. The molecule has 1 aromatic carbocycles. The van der Waals surface area contributed by atoms with Crippen molar-refractivity contribution in [2.45, 2.75) is 58.0 Å². The van der Waals surface area contributed by atoms with E-state index in [-0.39, 0.29) is 18.5 Å². The summed E-state index contributed by atoms with van der Waals surface area (Å²) in [5.74, 6) is -4.09. The highest BCUT2D eigenvalue weighted by molar-refractivity contribution is 6.80. The van der Waals surface area contributed by atoms with Gasteiger partial charge in [-0.25, -0.2) is 9.59 Å². The van der Waals surface area contributed by atoms with Gasteiger partial charge < -0.3 is 14.4 Å². The third kappa shape index (κ3) is 9.99. The second-order valence-electron chi connectivity index (χ2n) is 9.33. The molecule has 1 aliphatic heterocycles. The lowest BCUT2D eigenvalue weighted by Crippen LogP contribution is -2.45. The normalized spacial score (nSPS) is 17.7. The summed E-state index contributed by atoms with van der Waals surface area (Å²) in [6.07, 6.45) is -5.93. The van der Waals surface area contributed by atoms with Crippen molar-refractivity contribution in [2.75, 3.05) is 19.8 Å². The van der Waals surface area contributed by atoms with Gasteiger partial charge in [-0.2, -0.15) is 31.4 Å². The van der Waals surface area contributed by atoms with E-state index < -0.39 is 54.7 Å². The number of hydrogen-bond acceptors (Lipinski definition) is 7. The summed E-state index contributed by atoms with van der Waals surface area (Å²) < 4.78 is 80.1. The Morgan fingerprint density at radius 2 is 1.57 bits per heavy atom. The van der Waals surface area contributed by atoms with Crippen molar-refractivity contribution in [3.63, 3.8) is 0 Å². The van der Waals surface area contributed by atoms with Crippen LogP contribution in [0.3, 0.4) is 0 Å². The maximum absolute atomic E-state index is 12.6. The first kappa shape index (κ1) is 32.8. The van der Waals surface area contributed by atoms with Crippen molar-refractivity contribution in [1.29, 1.82) is 0 Å². The van der Waals surface area contributed by atoms with Crippen LogP contribution in [0, 0.1) is 5.92 Å². The topological polar surface area (TPSA) is 108 Å². The van der Waals surface area contributed by atoms with E-state index in [1.54, 1.807) is 0 Å². The fourth-order valence-electron chi connectivity index (χ4n) is 3.78. The van der Waals surface area contributed by atoms with Crippen LogP contribution < -0.4 is 0 Å². The van der Waals surface area contributed by atoms with Gasteiger partial charge >= 0.3 is 35.4 Å². The zero-order valence-electron chi connectivity index (χ0n) is 21.5. The molecule has 1 fully saturated rings. The van der Waals surface area contributed by atoms with Crippen LogP contribution >= 0.6 is 11.6 Å². The molecular weight excluding hydrogens is 576 g/mol. The highest BCUT2D eigenvalue weighted by Gasteiger charge is 2.37. The number of carbonyl (C=O) groups excluding carboxylic acids is 4. The van der Waals surface area contributed by atoms with Crippen LogP contribution in [0.2, 0.25) is 0 Å².